The Morgan fingerprint density at radius 3 is 1.11 bits per heavy atom. The van der Waals surface area contributed by atoms with E-state index in [4.69, 9.17) is 71.1 Å². The minimum Gasteiger partial charge on any atom is -0.394 e. The molecule has 8 rings (SSSR count). The number of ether oxygens (including phenoxy) is 15. The lowest BCUT2D eigenvalue weighted by Gasteiger charge is -2.50. The van der Waals surface area contributed by atoms with Crippen LogP contribution in [0.2, 0.25) is 0 Å². The average Bonchev–Trinajstić information content (AvgIpc) is 0.781. The van der Waals surface area contributed by atoms with Crippen molar-refractivity contribution in [3.63, 3.8) is 0 Å². The Morgan fingerprint density at radius 2 is 0.628 bits per heavy atom. The Hall–Kier alpha value is -2.58. The first-order valence-corrected chi connectivity index (χ1v) is 30.0. The second-order valence-corrected chi connectivity index (χ2v) is 23.9. The van der Waals surface area contributed by atoms with Gasteiger partial charge < -0.3 is 199 Å². The molecule has 8 aliphatic rings. The number of amides is 2. The number of hydrogen-bond acceptors (Lipinski definition) is 40. The Labute approximate surface area is 532 Å². The highest BCUT2D eigenvalue weighted by atomic mass is 16.8. The van der Waals surface area contributed by atoms with Gasteiger partial charge in [0.25, 0.3) is 0 Å². The molecule has 0 saturated carbocycles. The van der Waals surface area contributed by atoms with E-state index >= 15 is 0 Å². The van der Waals surface area contributed by atoms with Crippen molar-refractivity contribution in [3.8, 4) is 0 Å². The minimum absolute atomic E-state index is 0.840. The molecule has 0 spiro atoms. The quantitative estimate of drug-likeness (QED) is 0.0452. The second-order valence-electron chi connectivity index (χ2n) is 23.9. The number of nitrogens with one attached hydrogen (secondary N) is 2. The second kappa shape index (κ2) is 33.3. The molecular weight excluding hydrogens is 1290 g/mol. The molecule has 0 aromatic heterocycles. The summed E-state index contributed by atoms with van der Waals surface area (Å²) < 4.78 is 85.7. The van der Waals surface area contributed by atoms with E-state index in [-0.39, 0.29) is 0 Å². The summed E-state index contributed by atoms with van der Waals surface area (Å²) in [7, 11) is 0. The van der Waals surface area contributed by atoms with E-state index in [0.717, 1.165) is 13.8 Å². The molecule has 8 aliphatic heterocycles. The third kappa shape index (κ3) is 16.4. The Bertz CT molecular complexity index is 2360. The van der Waals surface area contributed by atoms with Crippen LogP contribution in [0.3, 0.4) is 0 Å². The standard InChI is InChI=1S/C52H88N2O40/c1-11-23(63)29(69)34(74)47(81-11)94-44-31(71)25(65)15(5-56)85-52(44)93-43-26(66)16(6-57)84-51(38(43)78)91-41-19(9-60)88-50(37(77)33(41)73)92-42-22(54-13(3)62)45(79)82-20(27(42)67)10-80-46-21(53-12(2)61)28(68)39(17(7-58)86-46)89-49-36(76)32(72)40(18(8-59)87-49)90-48-35(75)30(70)24(64)14(4-55)83-48/h11,14-52,55-60,63-79H,4-10H2,1-3H3,(H,53,61)(H,54,62)/t11-,14+,15+,16+,17+,18+,19+,20+,21+,22+,23+,24-,25-,26-,27-,28+,29+,30-,31-,32+,33+,34-,35+,36+,37+,38+,39+,40-,41-,42+,43-,44+,45?,46+,47-,48+,49-,50-,51+,52+/m0/s1. The molecule has 0 radical (unpaired) electrons. The van der Waals surface area contributed by atoms with Gasteiger partial charge in [0.15, 0.2) is 50.3 Å². The molecule has 0 aromatic rings. The van der Waals surface area contributed by atoms with Crippen molar-refractivity contribution in [2.45, 2.75) is 266 Å². The zero-order valence-electron chi connectivity index (χ0n) is 50.3. The maximum absolute atomic E-state index is 12.6. The van der Waals surface area contributed by atoms with Crippen LogP contribution in [0, 0.1) is 0 Å². The normalized spacial score (nSPS) is 51.2. The Balaban J connectivity index is 0.934. The van der Waals surface area contributed by atoms with Crippen molar-refractivity contribution < 1.29 is 198 Å². The molecule has 42 heteroatoms. The fraction of sp³-hybridized carbons (Fsp3) is 0.962. The summed E-state index contributed by atoms with van der Waals surface area (Å²) in [5.41, 5.74) is 0. The summed E-state index contributed by atoms with van der Waals surface area (Å²) in [6.45, 7) is -3.66. The third-order valence-corrected chi connectivity index (χ3v) is 17.4. The molecule has 8 fully saturated rings. The predicted molar refractivity (Wildman–Crippen MR) is 286 cm³/mol. The number of rotatable bonds is 23. The molecule has 0 bridgehead atoms. The molecule has 8 saturated heterocycles. The Morgan fingerprint density at radius 1 is 0.298 bits per heavy atom. The fourth-order valence-corrected chi connectivity index (χ4v) is 12.1. The van der Waals surface area contributed by atoms with Gasteiger partial charge in [0.05, 0.1) is 52.4 Å². The van der Waals surface area contributed by atoms with E-state index in [9.17, 15) is 127 Å². The first kappa shape index (κ1) is 77.2. The molecule has 8 heterocycles. The van der Waals surface area contributed by atoms with Crippen LogP contribution in [0.5, 0.6) is 0 Å². The lowest BCUT2D eigenvalue weighted by atomic mass is 9.94. The van der Waals surface area contributed by atoms with Gasteiger partial charge >= 0.3 is 0 Å². The Kier molecular flexibility index (Phi) is 27.3. The zero-order chi connectivity index (χ0) is 69.2. The summed E-state index contributed by atoms with van der Waals surface area (Å²) in [6, 6.07) is -3.49. The van der Waals surface area contributed by atoms with Gasteiger partial charge in [-0.2, -0.15) is 0 Å². The highest BCUT2D eigenvalue weighted by Gasteiger charge is 2.59. The highest BCUT2D eigenvalue weighted by Crippen LogP contribution is 2.38. The van der Waals surface area contributed by atoms with Crippen LogP contribution in [-0.4, -0.2) is 421 Å². The van der Waals surface area contributed by atoms with Crippen molar-refractivity contribution in [2.75, 3.05) is 46.2 Å². The van der Waals surface area contributed by atoms with Crippen LogP contribution >= 0.6 is 0 Å². The summed E-state index contributed by atoms with van der Waals surface area (Å²) in [5.74, 6) is -1.70. The van der Waals surface area contributed by atoms with E-state index in [1.165, 1.54) is 6.92 Å². The average molecular weight is 1380 g/mol. The smallest absolute Gasteiger partial charge is 0.217 e. The van der Waals surface area contributed by atoms with E-state index in [1.807, 2.05) is 0 Å². The third-order valence-electron chi connectivity index (χ3n) is 17.4. The van der Waals surface area contributed by atoms with Crippen molar-refractivity contribution >= 4 is 11.8 Å². The van der Waals surface area contributed by atoms with E-state index in [2.05, 4.69) is 10.6 Å². The monoisotopic (exact) mass is 1380 g/mol. The molecule has 25 N–H and O–H groups in total. The van der Waals surface area contributed by atoms with Crippen molar-refractivity contribution in [1.29, 1.82) is 0 Å². The molecule has 42 nitrogen and oxygen atoms in total. The van der Waals surface area contributed by atoms with Gasteiger partial charge in [-0.05, 0) is 6.92 Å². The lowest BCUT2D eigenvalue weighted by Crippen LogP contribution is -2.69. The predicted octanol–water partition coefficient (Wildman–Crippen LogP) is -17.1. The maximum Gasteiger partial charge on any atom is 0.217 e. The van der Waals surface area contributed by atoms with Crippen molar-refractivity contribution in [2.24, 2.45) is 0 Å². The largest absolute Gasteiger partial charge is 0.394 e. The van der Waals surface area contributed by atoms with Crippen LogP contribution < -0.4 is 10.6 Å². The number of carbonyl (C=O) groups is 2. The molecule has 0 aromatic carbocycles. The van der Waals surface area contributed by atoms with Crippen molar-refractivity contribution in [1.82, 2.24) is 10.6 Å². The number of aliphatic hydroxyl groups excluding tert-OH is 23. The van der Waals surface area contributed by atoms with Crippen LogP contribution in [-0.2, 0) is 80.6 Å². The summed E-state index contributed by atoms with van der Waals surface area (Å²) in [6.07, 6.45) is -73.2. The topological polar surface area (TPSA) is 662 Å². The molecule has 2 amide bonds. The highest BCUT2D eigenvalue weighted by molar-refractivity contribution is 5.73. The molecule has 94 heavy (non-hydrogen) atoms. The van der Waals surface area contributed by atoms with Gasteiger partial charge in [0.2, 0.25) is 11.8 Å². The van der Waals surface area contributed by atoms with Crippen molar-refractivity contribution in [3.05, 3.63) is 0 Å². The fourth-order valence-electron chi connectivity index (χ4n) is 12.1. The van der Waals surface area contributed by atoms with E-state index < -0.39 is 304 Å². The van der Waals surface area contributed by atoms with E-state index in [0.29, 0.717) is 0 Å². The summed E-state index contributed by atoms with van der Waals surface area (Å²) >= 11 is 0. The van der Waals surface area contributed by atoms with Gasteiger partial charge in [0, 0.05) is 13.8 Å². The van der Waals surface area contributed by atoms with Gasteiger partial charge in [-0.1, -0.05) is 0 Å². The molecule has 0 aliphatic carbocycles. The molecule has 40 atom stereocenters. The van der Waals surface area contributed by atoms with Gasteiger partial charge in [-0.15, -0.1) is 0 Å². The zero-order valence-corrected chi connectivity index (χ0v) is 50.3. The number of hydrogen-bond donors (Lipinski definition) is 25. The maximum atomic E-state index is 12.6. The van der Waals surface area contributed by atoms with Gasteiger partial charge in [-0.3, -0.25) is 9.59 Å². The summed E-state index contributed by atoms with van der Waals surface area (Å²) in [5, 5.41) is 254. The lowest BCUT2D eigenvalue weighted by molar-refractivity contribution is -0.397. The van der Waals surface area contributed by atoms with Crippen LogP contribution in [0.25, 0.3) is 0 Å². The van der Waals surface area contributed by atoms with Gasteiger partial charge in [-0.25, -0.2) is 0 Å². The van der Waals surface area contributed by atoms with Gasteiger partial charge in [0.1, 0.15) is 189 Å². The first-order valence-electron chi connectivity index (χ1n) is 30.0. The number of aliphatic hydroxyl groups is 23. The van der Waals surface area contributed by atoms with Crippen LogP contribution in [0.15, 0.2) is 0 Å². The number of carbonyl (C=O) groups excluding carboxylic acids is 2. The van der Waals surface area contributed by atoms with E-state index in [1.54, 1.807) is 0 Å². The minimum atomic E-state index is -2.32. The molecule has 1 unspecified atom stereocenters. The van der Waals surface area contributed by atoms with Crippen LogP contribution in [0.4, 0.5) is 0 Å². The molecule has 546 valence electrons. The first-order chi connectivity index (χ1) is 44.4. The van der Waals surface area contributed by atoms with Crippen LogP contribution in [0.1, 0.15) is 20.8 Å². The SMILES string of the molecule is CC(=O)N[C@H]1[C@H](OC[C@H]2OC(O)[C@H](NC(C)=O)[C@@H](O[C@@H]3O[C@H](CO)[C@H](O[C@H]4O[C@H](CO)[C@H](O)[C@H](O[C@H]5O[C@H](CO)[C@H](O)[C@H](O)[C@H]5O[C@@H]5O[C@@H](C)[C@@H](O)[C@@H](O)[C@@H]5O)[C@H]4O)[C@H](O)[C@H]3O)[C@H]2O)O[C@H](CO)[C@@H](O[C@@H]2O[C@H](CO)[C@H](O[C@H]3O[C@H](CO)[C@H](O)[C@H](O)[C@H]3O)[C@H](O)[C@H]2O)[C@@H]1O. The molecular formula is C52H88N2O40. The summed E-state index contributed by atoms with van der Waals surface area (Å²) in [4.78, 5) is 25.1.